The van der Waals surface area contributed by atoms with Gasteiger partial charge in [0.05, 0.1) is 37.8 Å². The van der Waals surface area contributed by atoms with Gasteiger partial charge in [-0.1, -0.05) is 38.3 Å². The molecule has 2 N–H and O–H groups in total. The molecule has 0 aromatic heterocycles. The maximum absolute atomic E-state index is 12.5. The zero-order valence-electron chi connectivity index (χ0n) is 27.7. The smallest absolute Gasteiger partial charge is 0.343 e. The quantitative estimate of drug-likeness (QED) is 0.0395. The van der Waals surface area contributed by atoms with Crippen LogP contribution in [0.15, 0.2) is 104 Å². The summed E-state index contributed by atoms with van der Waals surface area (Å²) < 4.78 is 23.3. The van der Waals surface area contributed by atoms with Gasteiger partial charge in [0.2, 0.25) is 11.8 Å². The summed E-state index contributed by atoms with van der Waals surface area (Å²) in [5, 5.41) is 7.98. The number of carbonyl (C=O) groups is 4. The van der Waals surface area contributed by atoms with Gasteiger partial charge in [0.15, 0.2) is 23.0 Å². The molecule has 0 aliphatic carbocycles. The number of unbranched alkanes of at least 4 members (excludes halogenated alkanes) is 2. The Balaban J connectivity index is 1.12. The highest BCUT2D eigenvalue weighted by atomic mass is 79.9. The van der Waals surface area contributed by atoms with Gasteiger partial charge in [0.1, 0.15) is 0 Å². The topological polar surface area (TPSA) is 154 Å². The van der Waals surface area contributed by atoms with Crippen molar-refractivity contribution in [3.05, 3.63) is 116 Å². The molecule has 2 amide bonds. The van der Waals surface area contributed by atoms with Crippen molar-refractivity contribution in [3.8, 4) is 23.0 Å². The minimum Gasteiger partial charge on any atom is -0.493 e. The van der Waals surface area contributed by atoms with E-state index in [-0.39, 0.29) is 36.2 Å². The van der Waals surface area contributed by atoms with Gasteiger partial charge < -0.3 is 18.9 Å². The third kappa shape index (κ3) is 12.5. The van der Waals surface area contributed by atoms with Crippen molar-refractivity contribution in [2.45, 2.75) is 32.1 Å². The lowest BCUT2D eigenvalue weighted by molar-refractivity contribution is -0.121. The van der Waals surface area contributed by atoms with E-state index in [0.29, 0.717) is 53.0 Å². The predicted octanol–water partition coefficient (Wildman–Crippen LogP) is 7.22. The lowest BCUT2D eigenvalue weighted by Gasteiger charge is -2.10. The number of hydrogen-bond acceptors (Lipinski definition) is 10. The van der Waals surface area contributed by atoms with Gasteiger partial charge >= 0.3 is 11.9 Å². The van der Waals surface area contributed by atoms with E-state index in [4.69, 9.17) is 18.9 Å². The number of carbonyl (C=O) groups excluding carboxylic acids is 4. The second-order valence-corrected chi connectivity index (χ2v) is 12.6. The summed E-state index contributed by atoms with van der Waals surface area (Å²) in [6.45, 7) is 0. The number of amides is 2. The normalized spacial score (nSPS) is 10.9. The number of benzene rings is 4. The largest absolute Gasteiger partial charge is 0.493 e. The van der Waals surface area contributed by atoms with Gasteiger partial charge in [-0.2, -0.15) is 10.2 Å². The second kappa shape index (κ2) is 19.7. The Bertz CT molecular complexity index is 1760. The Morgan fingerprint density at radius 2 is 0.961 bits per heavy atom. The monoisotopic (exact) mass is 820 g/mol. The van der Waals surface area contributed by atoms with Gasteiger partial charge in [0.25, 0.3) is 0 Å². The highest BCUT2D eigenvalue weighted by Gasteiger charge is 2.14. The molecule has 0 bridgehead atoms. The first-order valence-electron chi connectivity index (χ1n) is 15.6. The minimum absolute atomic E-state index is 0.238. The molecule has 4 aromatic rings. The molecule has 14 heteroatoms. The summed E-state index contributed by atoms with van der Waals surface area (Å²) in [5.41, 5.74) is 6.99. The van der Waals surface area contributed by atoms with E-state index in [1.54, 1.807) is 84.9 Å². The lowest BCUT2D eigenvalue weighted by atomic mass is 10.1. The molecule has 0 heterocycles. The van der Waals surface area contributed by atoms with Crippen LogP contribution in [0.4, 0.5) is 0 Å². The van der Waals surface area contributed by atoms with Gasteiger partial charge in [-0.05, 0) is 109 Å². The summed E-state index contributed by atoms with van der Waals surface area (Å²) in [6, 6.07) is 23.4. The average molecular weight is 823 g/mol. The zero-order chi connectivity index (χ0) is 36.6. The number of methoxy groups -OCH3 is 2. The molecule has 0 atom stereocenters. The van der Waals surface area contributed by atoms with E-state index in [0.717, 1.165) is 8.95 Å². The molecule has 0 aliphatic heterocycles. The number of halogens is 2. The van der Waals surface area contributed by atoms with E-state index in [9.17, 15) is 19.2 Å². The van der Waals surface area contributed by atoms with Crippen molar-refractivity contribution in [2.75, 3.05) is 14.2 Å². The van der Waals surface area contributed by atoms with E-state index in [1.807, 2.05) is 0 Å². The molecular weight excluding hydrogens is 788 g/mol. The molecular formula is C37H34Br2N4O8. The fourth-order valence-electron chi connectivity index (χ4n) is 4.40. The van der Waals surface area contributed by atoms with Gasteiger partial charge in [-0.3, -0.25) is 9.59 Å². The van der Waals surface area contributed by atoms with Gasteiger partial charge in [-0.15, -0.1) is 0 Å². The van der Waals surface area contributed by atoms with Crippen LogP contribution in [0.3, 0.4) is 0 Å². The van der Waals surface area contributed by atoms with Crippen LogP contribution >= 0.6 is 31.9 Å². The molecule has 0 radical (unpaired) electrons. The Labute approximate surface area is 311 Å². The lowest BCUT2D eigenvalue weighted by Crippen LogP contribution is -2.18. The third-order valence-corrected chi connectivity index (χ3v) is 8.11. The first-order chi connectivity index (χ1) is 24.6. The Morgan fingerprint density at radius 3 is 1.33 bits per heavy atom. The van der Waals surface area contributed by atoms with Crippen LogP contribution in [0.5, 0.6) is 23.0 Å². The first kappa shape index (κ1) is 38.5. The number of hydrogen-bond donors (Lipinski definition) is 2. The number of esters is 2. The molecule has 51 heavy (non-hydrogen) atoms. The summed E-state index contributed by atoms with van der Waals surface area (Å²) in [6.07, 6.45) is 5.18. The predicted molar refractivity (Wildman–Crippen MR) is 199 cm³/mol. The average Bonchev–Trinajstić information content (AvgIpc) is 3.13. The Kier molecular flexibility index (Phi) is 14.9. The molecule has 0 saturated heterocycles. The maximum Gasteiger partial charge on any atom is 0.343 e. The van der Waals surface area contributed by atoms with E-state index < -0.39 is 11.9 Å². The Hall–Kier alpha value is -5.34. The van der Waals surface area contributed by atoms with Crippen LogP contribution in [-0.2, 0) is 9.59 Å². The molecule has 4 aromatic carbocycles. The fourth-order valence-corrected chi connectivity index (χ4v) is 4.93. The van der Waals surface area contributed by atoms with Crippen LogP contribution < -0.4 is 29.8 Å². The van der Waals surface area contributed by atoms with E-state index >= 15 is 0 Å². The maximum atomic E-state index is 12.5. The summed E-state index contributed by atoms with van der Waals surface area (Å²) >= 11 is 6.66. The number of nitrogens with zero attached hydrogens (tertiary/aromatic N) is 2. The first-order valence-corrected chi connectivity index (χ1v) is 17.2. The second-order valence-electron chi connectivity index (χ2n) is 10.8. The number of ether oxygens (including phenoxy) is 4. The van der Waals surface area contributed by atoms with Crippen molar-refractivity contribution in [3.63, 3.8) is 0 Å². The standard InChI is InChI=1S/C37H34Br2N4O8/c1-48-32-20-24(8-18-30(32)50-36(46)26-10-14-28(38)15-11-26)22-40-42-34(44)6-4-3-5-7-35(45)43-41-23-25-9-19-31(33(21-25)49-2)51-37(47)27-12-16-29(39)17-13-27/h8-23H,3-7H2,1-2H3,(H,42,44)(H,43,45). The SMILES string of the molecule is COc1cc(C=NNC(=O)CCCCCC(=O)NN=Cc2ccc(OC(=O)c3ccc(Br)cc3)c(OC)c2)ccc1OC(=O)c1ccc(Br)cc1. The molecule has 0 fully saturated rings. The molecule has 4 rings (SSSR count). The van der Waals surface area contributed by atoms with Crippen LogP contribution in [0.2, 0.25) is 0 Å². The third-order valence-electron chi connectivity index (χ3n) is 7.05. The van der Waals surface area contributed by atoms with E-state index in [1.165, 1.54) is 26.6 Å². The summed E-state index contributed by atoms with van der Waals surface area (Å²) in [4.78, 5) is 49.3. The van der Waals surface area contributed by atoms with Crippen molar-refractivity contribution in [2.24, 2.45) is 10.2 Å². The number of rotatable bonds is 16. The fraction of sp³-hybridized carbons (Fsp3) is 0.189. The highest BCUT2D eigenvalue weighted by molar-refractivity contribution is 9.10. The van der Waals surface area contributed by atoms with Crippen LogP contribution in [-0.4, -0.2) is 50.4 Å². The van der Waals surface area contributed by atoms with E-state index in [2.05, 4.69) is 52.9 Å². The van der Waals surface area contributed by atoms with Crippen molar-refractivity contribution < 1.29 is 38.1 Å². The number of nitrogens with one attached hydrogen (secondary N) is 2. The molecule has 264 valence electrons. The highest BCUT2D eigenvalue weighted by Crippen LogP contribution is 2.30. The van der Waals surface area contributed by atoms with Crippen LogP contribution in [0.25, 0.3) is 0 Å². The summed E-state index contributed by atoms with van der Waals surface area (Å²) in [7, 11) is 2.91. The van der Waals surface area contributed by atoms with Crippen molar-refractivity contribution in [1.82, 2.24) is 10.9 Å². The zero-order valence-corrected chi connectivity index (χ0v) is 30.9. The van der Waals surface area contributed by atoms with Crippen LogP contribution in [0.1, 0.15) is 63.9 Å². The molecule has 0 unspecified atom stereocenters. The molecule has 0 saturated carbocycles. The number of hydrazone groups is 2. The van der Waals surface area contributed by atoms with Gasteiger partial charge in [-0.25, -0.2) is 20.4 Å². The summed E-state index contributed by atoms with van der Waals surface area (Å²) in [5.74, 6) is -0.427. The van der Waals surface area contributed by atoms with Gasteiger partial charge in [0, 0.05) is 21.8 Å². The Morgan fingerprint density at radius 1 is 0.569 bits per heavy atom. The van der Waals surface area contributed by atoms with Crippen LogP contribution in [0, 0.1) is 0 Å². The molecule has 12 nitrogen and oxygen atoms in total. The molecule has 0 spiro atoms. The van der Waals surface area contributed by atoms with Crippen molar-refractivity contribution >= 4 is 68.0 Å². The van der Waals surface area contributed by atoms with Crippen molar-refractivity contribution in [1.29, 1.82) is 0 Å². The minimum atomic E-state index is -0.524. The molecule has 0 aliphatic rings.